The van der Waals surface area contributed by atoms with Gasteiger partial charge in [-0.1, -0.05) is 16.8 Å². The summed E-state index contributed by atoms with van der Waals surface area (Å²) in [7, 11) is 0. The second-order valence-electron chi connectivity index (χ2n) is 6.52. The number of aromatic nitrogens is 3. The van der Waals surface area contributed by atoms with E-state index in [1.165, 1.54) is 6.20 Å². The third-order valence-corrected chi connectivity index (χ3v) is 4.84. The quantitative estimate of drug-likeness (QED) is 0.453. The molecular formula is C20H13ClF2N4O3. The van der Waals surface area contributed by atoms with Gasteiger partial charge in [0.05, 0.1) is 10.6 Å². The predicted octanol–water partition coefficient (Wildman–Crippen LogP) is 3.60. The van der Waals surface area contributed by atoms with Crippen LogP contribution >= 0.6 is 11.6 Å². The summed E-state index contributed by atoms with van der Waals surface area (Å²) in [6, 6.07) is 4.20. The maximum Gasteiger partial charge on any atom is 0.271 e. The lowest BCUT2D eigenvalue weighted by molar-refractivity contribution is 0.0977. The molecule has 0 bridgehead atoms. The Hall–Kier alpha value is -3.59. The fraction of sp³-hybridized carbons (Fsp3) is 0.100. The summed E-state index contributed by atoms with van der Waals surface area (Å²) in [6.07, 6.45) is 3.69. The van der Waals surface area contributed by atoms with E-state index in [1.807, 2.05) is 0 Å². The van der Waals surface area contributed by atoms with E-state index < -0.39 is 28.9 Å². The Morgan fingerprint density at radius 3 is 2.77 bits per heavy atom. The van der Waals surface area contributed by atoms with Gasteiger partial charge in [0.25, 0.3) is 5.91 Å². The van der Waals surface area contributed by atoms with Crippen LogP contribution in [0.1, 0.15) is 37.7 Å². The molecular weight excluding hydrogens is 418 g/mol. The molecule has 152 valence electrons. The lowest BCUT2D eigenvalue weighted by Crippen LogP contribution is -2.15. The fourth-order valence-corrected chi connectivity index (χ4v) is 3.36. The van der Waals surface area contributed by atoms with Crippen LogP contribution in [0, 0.1) is 11.6 Å². The van der Waals surface area contributed by atoms with Crippen molar-refractivity contribution in [3.8, 4) is 0 Å². The van der Waals surface area contributed by atoms with Crippen molar-refractivity contribution in [1.82, 2.24) is 15.1 Å². The van der Waals surface area contributed by atoms with Crippen LogP contribution in [0.15, 0.2) is 41.2 Å². The van der Waals surface area contributed by atoms with Crippen LogP contribution in [0.5, 0.6) is 0 Å². The number of rotatable bonds is 6. The minimum absolute atomic E-state index is 0.112. The number of aryl methyl sites for hydroxylation is 1. The third-order valence-electron chi connectivity index (χ3n) is 4.63. The molecule has 30 heavy (non-hydrogen) atoms. The average molecular weight is 431 g/mol. The monoisotopic (exact) mass is 430 g/mol. The number of pyridine rings is 1. The number of nitrogens with one attached hydrogen (secondary N) is 1. The van der Waals surface area contributed by atoms with Crippen LogP contribution < -0.4 is 5.73 Å². The van der Waals surface area contributed by atoms with Gasteiger partial charge in [0.15, 0.2) is 5.69 Å². The van der Waals surface area contributed by atoms with Gasteiger partial charge in [-0.25, -0.2) is 13.8 Å². The zero-order valence-corrected chi connectivity index (χ0v) is 16.0. The number of fused-ring (bicyclic) bond motifs is 1. The van der Waals surface area contributed by atoms with E-state index in [9.17, 15) is 18.4 Å². The number of ketones is 1. The van der Waals surface area contributed by atoms with Crippen LogP contribution in [0.2, 0.25) is 5.02 Å². The number of hydrogen-bond donors (Lipinski definition) is 2. The molecule has 1 amide bonds. The number of carbonyl (C=O) groups is 2. The molecule has 10 heteroatoms. The molecule has 0 radical (unpaired) electrons. The highest BCUT2D eigenvalue weighted by Gasteiger charge is 2.28. The fourth-order valence-electron chi connectivity index (χ4n) is 3.21. The average Bonchev–Trinajstić information content (AvgIpc) is 3.31. The number of benzene rings is 1. The van der Waals surface area contributed by atoms with Crippen LogP contribution in [0.3, 0.4) is 0 Å². The molecule has 0 atom stereocenters. The van der Waals surface area contributed by atoms with Crippen molar-refractivity contribution in [2.24, 2.45) is 5.73 Å². The maximum atomic E-state index is 14.1. The van der Waals surface area contributed by atoms with Crippen LogP contribution in [0.25, 0.3) is 11.0 Å². The molecule has 0 fully saturated rings. The van der Waals surface area contributed by atoms with Gasteiger partial charge >= 0.3 is 0 Å². The Kier molecular flexibility index (Phi) is 5.04. The van der Waals surface area contributed by atoms with E-state index in [0.717, 1.165) is 29.1 Å². The molecule has 0 aliphatic carbocycles. The highest BCUT2D eigenvalue weighted by molar-refractivity contribution is 6.31. The van der Waals surface area contributed by atoms with Crippen molar-refractivity contribution in [1.29, 1.82) is 0 Å². The molecule has 3 N–H and O–H groups in total. The van der Waals surface area contributed by atoms with E-state index in [4.69, 9.17) is 21.9 Å². The zero-order chi connectivity index (χ0) is 21.4. The topological polar surface area (TPSA) is 115 Å². The van der Waals surface area contributed by atoms with Gasteiger partial charge in [-0.05, 0) is 42.7 Å². The zero-order valence-electron chi connectivity index (χ0n) is 15.2. The summed E-state index contributed by atoms with van der Waals surface area (Å²) in [5, 5.41) is 4.78. The van der Waals surface area contributed by atoms with Gasteiger partial charge in [0, 0.05) is 23.3 Å². The van der Waals surface area contributed by atoms with E-state index in [-0.39, 0.29) is 23.4 Å². The Morgan fingerprint density at radius 1 is 1.20 bits per heavy atom. The van der Waals surface area contributed by atoms with Gasteiger partial charge in [-0.15, -0.1) is 0 Å². The third kappa shape index (κ3) is 3.55. The van der Waals surface area contributed by atoms with E-state index in [2.05, 4.69) is 15.1 Å². The van der Waals surface area contributed by atoms with Gasteiger partial charge in [0.2, 0.25) is 11.5 Å². The SMILES string of the molecule is NC(=O)c1noc(C(=O)c2cc(F)ccc2F)c1CCc1c[nH]c2ncc(Cl)cc12. The molecule has 7 nitrogen and oxygen atoms in total. The van der Waals surface area contributed by atoms with Gasteiger partial charge in [-0.3, -0.25) is 9.59 Å². The van der Waals surface area contributed by atoms with E-state index in [1.54, 1.807) is 12.3 Å². The Balaban J connectivity index is 1.71. The second kappa shape index (κ2) is 7.68. The maximum absolute atomic E-state index is 14.1. The number of amides is 1. The summed E-state index contributed by atoms with van der Waals surface area (Å²) in [6.45, 7) is 0. The summed E-state index contributed by atoms with van der Waals surface area (Å²) in [5.41, 5.74) is 6.10. The molecule has 0 saturated heterocycles. The van der Waals surface area contributed by atoms with Crippen LogP contribution in [-0.2, 0) is 12.8 Å². The lowest BCUT2D eigenvalue weighted by atomic mass is 9.98. The number of carbonyl (C=O) groups excluding carboxylic acids is 2. The summed E-state index contributed by atoms with van der Waals surface area (Å²) >= 11 is 6.00. The molecule has 0 aliphatic rings. The number of aromatic amines is 1. The summed E-state index contributed by atoms with van der Waals surface area (Å²) in [4.78, 5) is 31.7. The minimum Gasteiger partial charge on any atom is -0.364 e. The van der Waals surface area contributed by atoms with Crippen LogP contribution in [0.4, 0.5) is 8.78 Å². The summed E-state index contributed by atoms with van der Waals surface area (Å²) < 4.78 is 32.6. The number of nitrogens with zero attached hydrogens (tertiary/aromatic N) is 2. The Bertz CT molecular complexity index is 1300. The minimum atomic E-state index is -0.939. The summed E-state index contributed by atoms with van der Waals surface area (Å²) in [5.74, 6) is -3.94. The highest BCUT2D eigenvalue weighted by Crippen LogP contribution is 2.25. The van der Waals surface area contributed by atoms with E-state index >= 15 is 0 Å². The molecule has 0 unspecified atom stereocenters. The van der Waals surface area contributed by atoms with Crippen LogP contribution in [-0.4, -0.2) is 26.8 Å². The molecule has 0 saturated carbocycles. The highest BCUT2D eigenvalue weighted by atomic mass is 35.5. The number of halogens is 3. The molecule has 1 aromatic carbocycles. The van der Waals surface area contributed by atoms with Gasteiger partial charge < -0.3 is 15.2 Å². The molecule has 3 aromatic heterocycles. The number of H-pyrrole nitrogens is 1. The molecule has 0 spiro atoms. The number of nitrogens with two attached hydrogens (primary N) is 1. The molecule has 0 aliphatic heterocycles. The number of hydrogen-bond acceptors (Lipinski definition) is 5. The van der Waals surface area contributed by atoms with E-state index in [0.29, 0.717) is 17.1 Å². The normalized spacial score (nSPS) is 11.2. The van der Waals surface area contributed by atoms with Crippen molar-refractivity contribution in [2.75, 3.05) is 0 Å². The first-order valence-electron chi connectivity index (χ1n) is 8.74. The smallest absolute Gasteiger partial charge is 0.271 e. The van der Waals surface area contributed by atoms with Crippen molar-refractivity contribution in [2.45, 2.75) is 12.8 Å². The Morgan fingerprint density at radius 2 is 2.00 bits per heavy atom. The van der Waals surface area contributed by atoms with Gasteiger partial charge in [0.1, 0.15) is 17.3 Å². The molecule has 4 aromatic rings. The first-order chi connectivity index (χ1) is 14.3. The standard InChI is InChI=1S/C20H13ClF2N4O3/c21-10-5-13-9(7-25-20(13)26-8-10)1-3-12-16(19(24)29)27-30-18(12)17(28)14-6-11(22)2-4-15(14)23/h2,4-8H,1,3H2,(H2,24,29)(H,25,26). The van der Waals surface area contributed by atoms with Crippen molar-refractivity contribution < 1.29 is 22.9 Å². The van der Waals surface area contributed by atoms with Crippen molar-refractivity contribution in [3.05, 3.63) is 81.5 Å². The van der Waals surface area contributed by atoms with Crippen molar-refractivity contribution in [3.63, 3.8) is 0 Å². The lowest BCUT2D eigenvalue weighted by Gasteiger charge is -2.04. The first-order valence-corrected chi connectivity index (χ1v) is 9.12. The predicted molar refractivity (Wildman–Crippen MR) is 103 cm³/mol. The largest absolute Gasteiger partial charge is 0.364 e. The van der Waals surface area contributed by atoms with Crippen molar-refractivity contribution >= 4 is 34.3 Å². The van der Waals surface area contributed by atoms with Gasteiger partial charge in [-0.2, -0.15) is 0 Å². The first kappa shape index (κ1) is 19.7. The molecule has 4 rings (SSSR count). The number of primary amides is 1. The Labute approximate surface area is 172 Å². The second-order valence-corrected chi connectivity index (χ2v) is 6.96. The molecule has 3 heterocycles.